The summed E-state index contributed by atoms with van der Waals surface area (Å²) in [7, 11) is 0. The molecule has 1 unspecified atom stereocenters. The summed E-state index contributed by atoms with van der Waals surface area (Å²) in [5.74, 6) is 1.80. The molecule has 1 aromatic rings. The summed E-state index contributed by atoms with van der Waals surface area (Å²) < 4.78 is 5.25. The number of nitrogens with one attached hydrogen (secondary N) is 1. The van der Waals surface area contributed by atoms with Crippen molar-refractivity contribution in [1.82, 2.24) is 5.32 Å². The molecule has 102 valence electrons. The highest BCUT2D eigenvalue weighted by atomic mass is 32.2. The first-order valence-corrected chi connectivity index (χ1v) is 7.60. The second-order valence-electron chi connectivity index (χ2n) is 4.42. The minimum atomic E-state index is -0.400. The van der Waals surface area contributed by atoms with Crippen LogP contribution in [0.1, 0.15) is 25.5 Å². The SMILES string of the molecule is CSCC[C@H](N)C(=O)NC(C)CCc1ccco1. The Morgan fingerprint density at radius 3 is 2.94 bits per heavy atom. The fourth-order valence-electron chi connectivity index (χ4n) is 1.61. The van der Waals surface area contributed by atoms with Crippen molar-refractivity contribution in [3.63, 3.8) is 0 Å². The Morgan fingerprint density at radius 2 is 2.33 bits per heavy atom. The zero-order valence-electron chi connectivity index (χ0n) is 11.0. The van der Waals surface area contributed by atoms with Gasteiger partial charge in [-0.15, -0.1) is 0 Å². The quantitative estimate of drug-likeness (QED) is 0.756. The van der Waals surface area contributed by atoms with E-state index in [1.807, 2.05) is 25.3 Å². The minimum Gasteiger partial charge on any atom is -0.469 e. The van der Waals surface area contributed by atoms with E-state index in [0.717, 1.165) is 30.8 Å². The van der Waals surface area contributed by atoms with Gasteiger partial charge in [0.15, 0.2) is 0 Å². The van der Waals surface area contributed by atoms with Crippen molar-refractivity contribution >= 4 is 17.7 Å². The van der Waals surface area contributed by atoms with Gasteiger partial charge < -0.3 is 15.5 Å². The monoisotopic (exact) mass is 270 g/mol. The number of aryl methyl sites for hydroxylation is 1. The molecule has 0 radical (unpaired) electrons. The van der Waals surface area contributed by atoms with E-state index in [1.165, 1.54) is 0 Å². The lowest BCUT2D eigenvalue weighted by molar-refractivity contribution is -0.123. The molecule has 0 saturated heterocycles. The molecule has 1 amide bonds. The molecule has 0 aromatic carbocycles. The van der Waals surface area contributed by atoms with E-state index in [-0.39, 0.29) is 11.9 Å². The Bertz CT molecular complexity index is 341. The van der Waals surface area contributed by atoms with Gasteiger partial charge in [-0.3, -0.25) is 4.79 Å². The van der Waals surface area contributed by atoms with Gasteiger partial charge in [0.1, 0.15) is 5.76 Å². The standard InChI is InChI=1S/C13H22N2O2S/c1-10(5-6-11-4-3-8-17-11)15-13(16)12(14)7-9-18-2/h3-4,8,10,12H,5-7,9,14H2,1-2H3,(H,15,16)/t10?,12-/m0/s1. The van der Waals surface area contributed by atoms with Crippen LogP contribution in [-0.4, -0.2) is 30.0 Å². The molecule has 5 heteroatoms. The van der Waals surface area contributed by atoms with Gasteiger partial charge in [-0.05, 0) is 43.9 Å². The Balaban J connectivity index is 2.22. The van der Waals surface area contributed by atoms with Crippen molar-refractivity contribution in [1.29, 1.82) is 0 Å². The second kappa shape index (κ2) is 8.21. The van der Waals surface area contributed by atoms with Crippen LogP contribution in [0.4, 0.5) is 0 Å². The van der Waals surface area contributed by atoms with Gasteiger partial charge in [-0.2, -0.15) is 11.8 Å². The number of carbonyl (C=O) groups excluding carboxylic acids is 1. The Morgan fingerprint density at radius 1 is 1.56 bits per heavy atom. The Labute approximate surface area is 113 Å². The summed E-state index contributed by atoms with van der Waals surface area (Å²) in [6, 6.07) is 3.53. The van der Waals surface area contributed by atoms with Crippen molar-refractivity contribution in [2.45, 2.75) is 38.3 Å². The number of carbonyl (C=O) groups is 1. The molecule has 0 bridgehead atoms. The molecule has 0 aliphatic carbocycles. The van der Waals surface area contributed by atoms with Crippen LogP contribution >= 0.6 is 11.8 Å². The molecule has 1 aromatic heterocycles. The third kappa shape index (κ3) is 5.60. The molecule has 0 aliphatic heterocycles. The van der Waals surface area contributed by atoms with Crippen LogP contribution in [-0.2, 0) is 11.2 Å². The normalized spacial score (nSPS) is 14.2. The predicted octanol–water partition coefficient (Wildman–Crippen LogP) is 1.80. The largest absolute Gasteiger partial charge is 0.469 e. The van der Waals surface area contributed by atoms with Crippen molar-refractivity contribution < 1.29 is 9.21 Å². The third-order valence-electron chi connectivity index (χ3n) is 2.76. The van der Waals surface area contributed by atoms with E-state index in [2.05, 4.69) is 5.32 Å². The smallest absolute Gasteiger partial charge is 0.237 e. The Kier molecular flexibility index (Phi) is 6.90. The molecule has 0 saturated carbocycles. The number of hydrogen-bond acceptors (Lipinski definition) is 4. The average Bonchev–Trinajstić information content (AvgIpc) is 2.86. The van der Waals surface area contributed by atoms with E-state index < -0.39 is 6.04 Å². The number of hydrogen-bond donors (Lipinski definition) is 2. The summed E-state index contributed by atoms with van der Waals surface area (Å²) in [4.78, 5) is 11.8. The topological polar surface area (TPSA) is 68.3 Å². The lowest BCUT2D eigenvalue weighted by atomic mass is 10.1. The molecule has 0 fully saturated rings. The lowest BCUT2D eigenvalue weighted by Crippen LogP contribution is -2.44. The van der Waals surface area contributed by atoms with Gasteiger partial charge in [-0.25, -0.2) is 0 Å². The van der Waals surface area contributed by atoms with E-state index in [0.29, 0.717) is 0 Å². The highest BCUT2D eigenvalue weighted by Gasteiger charge is 2.15. The number of rotatable bonds is 8. The molecule has 2 atom stereocenters. The first-order valence-electron chi connectivity index (χ1n) is 6.20. The van der Waals surface area contributed by atoms with Gasteiger partial charge in [0.05, 0.1) is 12.3 Å². The van der Waals surface area contributed by atoms with Crippen molar-refractivity contribution in [3.05, 3.63) is 24.2 Å². The third-order valence-corrected chi connectivity index (χ3v) is 3.41. The summed E-state index contributed by atoms with van der Waals surface area (Å²) in [5, 5.41) is 2.94. The Hall–Kier alpha value is -0.940. The average molecular weight is 270 g/mol. The summed E-state index contributed by atoms with van der Waals surface area (Å²) in [6.45, 7) is 1.99. The zero-order chi connectivity index (χ0) is 13.4. The fourth-order valence-corrected chi connectivity index (χ4v) is 2.10. The van der Waals surface area contributed by atoms with Crippen molar-refractivity contribution in [3.8, 4) is 0 Å². The van der Waals surface area contributed by atoms with Crippen LogP contribution in [0.3, 0.4) is 0 Å². The van der Waals surface area contributed by atoms with E-state index >= 15 is 0 Å². The first kappa shape index (κ1) is 15.1. The molecule has 1 heterocycles. The van der Waals surface area contributed by atoms with Crippen LogP contribution in [0.2, 0.25) is 0 Å². The highest BCUT2D eigenvalue weighted by Crippen LogP contribution is 2.06. The van der Waals surface area contributed by atoms with E-state index in [1.54, 1.807) is 18.0 Å². The zero-order valence-corrected chi connectivity index (χ0v) is 11.8. The van der Waals surface area contributed by atoms with Gasteiger partial charge in [0, 0.05) is 12.5 Å². The van der Waals surface area contributed by atoms with Crippen LogP contribution in [0.25, 0.3) is 0 Å². The molecular formula is C13H22N2O2S. The minimum absolute atomic E-state index is 0.0593. The molecule has 0 spiro atoms. The summed E-state index contributed by atoms with van der Waals surface area (Å²) in [5.41, 5.74) is 5.80. The van der Waals surface area contributed by atoms with Crippen LogP contribution < -0.4 is 11.1 Å². The summed E-state index contributed by atoms with van der Waals surface area (Å²) in [6.07, 6.45) is 6.08. The van der Waals surface area contributed by atoms with E-state index in [9.17, 15) is 4.79 Å². The number of thioether (sulfide) groups is 1. The second-order valence-corrected chi connectivity index (χ2v) is 5.40. The fraction of sp³-hybridized carbons (Fsp3) is 0.615. The molecule has 1 rings (SSSR count). The van der Waals surface area contributed by atoms with Crippen molar-refractivity contribution in [2.24, 2.45) is 5.73 Å². The lowest BCUT2D eigenvalue weighted by Gasteiger charge is -2.16. The van der Waals surface area contributed by atoms with Crippen LogP contribution in [0.5, 0.6) is 0 Å². The van der Waals surface area contributed by atoms with Crippen molar-refractivity contribution in [2.75, 3.05) is 12.0 Å². The van der Waals surface area contributed by atoms with Crippen LogP contribution in [0.15, 0.2) is 22.8 Å². The maximum absolute atomic E-state index is 11.8. The molecule has 0 aliphatic rings. The molecular weight excluding hydrogens is 248 g/mol. The first-order chi connectivity index (χ1) is 8.63. The predicted molar refractivity (Wildman–Crippen MR) is 75.6 cm³/mol. The molecule has 18 heavy (non-hydrogen) atoms. The molecule has 3 N–H and O–H groups in total. The van der Waals surface area contributed by atoms with Gasteiger partial charge in [0.25, 0.3) is 0 Å². The highest BCUT2D eigenvalue weighted by molar-refractivity contribution is 7.98. The van der Waals surface area contributed by atoms with E-state index in [4.69, 9.17) is 10.2 Å². The van der Waals surface area contributed by atoms with Gasteiger partial charge in [0.2, 0.25) is 5.91 Å². The van der Waals surface area contributed by atoms with Gasteiger partial charge >= 0.3 is 0 Å². The maximum Gasteiger partial charge on any atom is 0.237 e. The van der Waals surface area contributed by atoms with Crippen LogP contribution in [0, 0.1) is 0 Å². The number of furan rings is 1. The summed E-state index contributed by atoms with van der Waals surface area (Å²) >= 11 is 1.70. The number of nitrogens with two attached hydrogens (primary N) is 1. The molecule has 4 nitrogen and oxygen atoms in total. The van der Waals surface area contributed by atoms with Gasteiger partial charge in [-0.1, -0.05) is 0 Å². The maximum atomic E-state index is 11.8. The number of amides is 1.